The van der Waals surface area contributed by atoms with Crippen LogP contribution in [0.15, 0.2) is 24.3 Å². The van der Waals surface area contributed by atoms with Gasteiger partial charge in [0.05, 0.1) is 17.2 Å². The number of benzene rings is 1. The molecule has 7 nitrogen and oxygen atoms in total. The fourth-order valence-electron chi connectivity index (χ4n) is 1.11. The van der Waals surface area contributed by atoms with Crippen LogP contribution in [0.5, 0.6) is 0 Å². The molecule has 0 fully saturated rings. The van der Waals surface area contributed by atoms with Crippen LogP contribution in [0.2, 0.25) is 0 Å². The molecule has 3 N–H and O–H groups in total. The van der Waals surface area contributed by atoms with E-state index in [4.69, 9.17) is 17.0 Å². The molecule has 0 saturated heterocycles. The molecule has 0 bridgehead atoms. The molecule has 0 saturated carbocycles. The van der Waals surface area contributed by atoms with Gasteiger partial charge in [-0.25, -0.2) is 0 Å². The number of thiocarbonyl (C=S) groups is 1. The molecule has 0 radical (unpaired) electrons. The highest BCUT2D eigenvalue weighted by Crippen LogP contribution is 2.14. The zero-order chi connectivity index (χ0) is 13.4. The van der Waals surface area contributed by atoms with Gasteiger partial charge in [-0.05, 0) is 24.4 Å². The van der Waals surface area contributed by atoms with E-state index in [9.17, 15) is 10.1 Å². The van der Waals surface area contributed by atoms with E-state index in [1.54, 1.807) is 19.2 Å². The van der Waals surface area contributed by atoms with Gasteiger partial charge in [0.2, 0.25) is 0 Å². The first-order valence-electron chi connectivity index (χ1n) is 5.16. The van der Waals surface area contributed by atoms with Crippen molar-refractivity contribution in [3.63, 3.8) is 0 Å². The number of anilines is 1. The van der Waals surface area contributed by atoms with Gasteiger partial charge in [0, 0.05) is 25.8 Å². The molecule has 98 valence electrons. The molecule has 1 rings (SSSR count). The molecule has 8 heteroatoms. The van der Waals surface area contributed by atoms with Crippen molar-refractivity contribution in [2.45, 2.75) is 0 Å². The number of nitrogens with one attached hydrogen (secondary N) is 3. The highest BCUT2D eigenvalue weighted by atomic mass is 32.1. The van der Waals surface area contributed by atoms with E-state index in [1.165, 1.54) is 12.1 Å². The van der Waals surface area contributed by atoms with Crippen LogP contribution in [-0.2, 0) is 4.74 Å². The smallest absolute Gasteiger partial charge is 0.269 e. The lowest BCUT2D eigenvalue weighted by Crippen LogP contribution is -2.40. The maximum absolute atomic E-state index is 10.5. The lowest BCUT2D eigenvalue weighted by Gasteiger charge is -2.11. The second kappa shape index (κ2) is 7.41. The van der Waals surface area contributed by atoms with E-state index in [1.807, 2.05) is 0 Å². The van der Waals surface area contributed by atoms with Gasteiger partial charge >= 0.3 is 0 Å². The highest BCUT2D eigenvalue weighted by molar-refractivity contribution is 7.80. The Hall–Kier alpha value is -1.93. The van der Waals surface area contributed by atoms with Gasteiger partial charge in [-0.15, -0.1) is 0 Å². The van der Waals surface area contributed by atoms with Crippen molar-refractivity contribution in [2.75, 3.05) is 25.7 Å². The maximum Gasteiger partial charge on any atom is 0.269 e. The molecule has 0 aliphatic heterocycles. The Kier molecular flexibility index (Phi) is 5.81. The average Bonchev–Trinajstić information content (AvgIpc) is 2.37. The monoisotopic (exact) mass is 270 g/mol. The molecule has 18 heavy (non-hydrogen) atoms. The van der Waals surface area contributed by atoms with Crippen LogP contribution in [-0.4, -0.2) is 30.3 Å². The SMILES string of the molecule is COCCNC(=S)NNc1ccc([N+](=O)[O-])cc1. The molecule has 1 aromatic rings. The molecular formula is C10H14N4O3S. The van der Waals surface area contributed by atoms with Crippen molar-refractivity contribution < 1.29 is 9.66 Å². The van der Waals surface area contributed by atoms with Crippen LogP contribution in [0.3, 0.4) is 0 Å². The minimum Gasteiger partial charge on any atom is -0.383 e. The van der Waals surface area contributed by atoms with E-state index >= 15 is 0 Å². The number of hydrogen-bond acceptors (Lipinski definition) is 5. The van der Waals surface area contributed by atoms with Crippen molar-refractivity contribution in [3.05, 3.63) is 34.4 Å². The fourth-order valence-corrected chi connectivity index (χ4v) is 1.26. The Bertz CT molecular complexity index is 410. The maximum atomic E-state index is 10.5. The predicted octanol–water partition coefficient (Wildman–Crippen LogP) is 1.03. The number of methoxy groups -OCH3 is 1. The van der Waals surface area contributed by atoms with E-state index < -0.39 is 4.92 Å². The van der Waals surface area contributed by atoms with Crippen molar-refractivity contribution in [3.8, 4) is 0 Å². The summed E-state index contributed by atoms with van der Waals surface area (Å²) >= 11 is 4.99. The molecule has 0 aromatic heterocycles. The summed E-state index contributed by atoms with van der Waals surface area (Å²) in [7, 11) is 1.60. The van der Waals surface area contributed by atoms with Crippen LogP contribution in [0.25, 0.3) is 0 Å². The molecular weight excluding hydrogens is 256 g/mol. The first kappa shape index (κ1) is 14.1. The number of nitro groups is 1. The molecule has 0 heterocycles. The molecule has 1 aromatic carbocycles. The first-order chi connectivity index (χ1) is 8.63. The molecule has 0 aliphatic carbocycles. The van der Waals surface area contributed by atoms with Crippen molar-refractivity contribution >= 4 is 28.7 Å². The molecule has 0 atom stereocenters. The summed E-state index contributed by atoms with van der Waals surface area (Å²) < 4.78 is 4.86. The summed E-state index contributed by atoms with van der Waals surface area (Å²) in [5.41, 5.74) is 6.29. The molecule has 0 spiro atoms. The van der Waals surface area contributed by atoms with Crippen molar-refractivity contribution in [1.29, 1.82) is 0 Å². The average molecular weight is 270 g/mol. The first-order valence-corrected chi connectivity index (χ1v) is 5.57. The fraction of sp³-hybridized carbons (Fsp3) is 0.300. The van der Waals surface area contributed by atoms with Gasteiger partial charge in [0.15, 0.2) is 5.11 Å². The quantitative estimate of drug-likeness (QED) is 0.308. The number of non-ortho nitro benzene ring substituents is 1. The van der Waals surface area contributed by atoms with Gasteiger partial charge in [-0.1, -0.05) is 0 Å². The third-order valence-electron chi connectivity index (χ3n) is 1.99. The van der Waals surface area contributed by atoms with Crippen LogP contribution >= 0.6 is 12.2 Å². The van der Waals surface area contributed by atoms with E-state index in [-0.39, 0.29) is 5.69 Å². The zero-order valence-electron chi connectivity index (χ0n) is 9.80. The number of ether oxygens (including phenoxy) is 1. The summed E-state index contributed by atoms with van der Waals surface area (Å²) in [6.45, 7) is 1.16. The minimum atomic E-state index is -0.450. The van der Waals surface area contributed by atoms with E-state index in [2.05, 4.69) is 16.2 Å². The Morgan fingerprint density at radius 3 is 2.67 bits per heavy atom. The van der Waals surface area contributed by atoms with Gasteiger partial charge in [0.25, 0.3) is 5.69 Å². The Morgan fingerprint density at radius 2 is 2.11 bits per heavy atom. The largest absolute Gasteiger partial charge is 0.383 e. The lowest BCUT2D eigenvalue weighted by molar-refractivity contribution is -0.384. The number of rotatable bonds is 6. The van der Waals surface area contributed by atoms with Crippen LogP contribution in [0, 0.1) is 10.1 Å². The Morgan fingerprint density at radius 1 is 1.44 bits per heavy atom. The van der Waals surface area contributed by atoms with Gasteiger partial charge in [0.1, 0.15) is 0 Å². The number of nitro benzene ring substituents is 1. The summed E-state index contributed by atoms with van der Waals surface area (Å²) in [6.07, 6.45) is 0. The summed E-state index contributed by atoms with van der Waals surface area (Å²) in [4.78, 5) is 10.0. The van der Waals surface area contributed by atoms with Gasteiger partial charge in [-0.2, -0.15) is 0 Å². The number of hydrogen-bond donors (Lipinski definition) is 3. The van der Waals surface area contributed by atoms with Gasteiger partial charge < -0.3 is 10.1 Å². The van der Waals surface area contributed by atoms with Crippen LogP contribution in [0.1, 0.15) is 0 Å². The second-order valence-corrected chi connectivity index (χ2v) is 3.71. The van der Waals surface area contributed by atoms with E-state index in [0.717, 1.165) is 0 Å². The summed E-state index contributed by atoms with van der Waals surface area (Å²) in [5.74, 6) is 0. The van der Waals surface area contributed by atoms with Crippen molar-refractivity contribution in [2.24, 2.45) is 0 Å². The number of nitrogens with zero attached hydrogens (tertiary/aromatic N) is 1. The summed E-state index contributed by atoms with van der Waals surface area (Å²) in [5, 5.41) is 13.8. The summed E-state index contributed by atoms with van der Waals surface area (Å²) in [6, 6.07) is 5.99. The standard InChI is InChI=1S/C10H14N4O3S/c1-17-7-6-11-10(18)13-12-8-2-4-9(5-3-8)14(15)16/h2-5,12H,6-7H2,1H3,(H2,11,13,18). The number of hydrazine groups is 1. The Balaban J connectivity index is 2.34. The molecule has 0 unspecified atom stereocenters. The minimum absolute atomic E-state index is 0.0429. The second-order valence-electron chi connectivity index (χ2n) is 3.30. The van der Waals surface area contributed by atoms with Crippen LogP contribution < -0.4 is 16.2 Å². The molecule has 0 amide bonds. The molecule has 0 aliphatic rings. The Labute approximate surface area is 110 Å². The van der Waals surface area contributed by atoms with Crippen LogP contribution in [0.4, 0.5) is 11.4 Å². The predicted molar refractivity (Wildman–Crippen MR) is 72.3 cm³/mol. The third-order valence-corrected chi connectivity index (χ3v) is 2.24. The topological polar surface area (TPSA) is 88.5 Å². The van der Waals surface area contributed by atoms with Gasteiger partial charge in [-0.3, -0.25) is 21.0 Å². The zero-order valence-corrected chi connectivity index (χ0v) is 10.6. The third kappa shape index (κ3) is 4.93. The highest BCUT2D eigenvalue weighted by Gasteiger charge is 2.03. The normalized spacial score (nSPS) is 9.61. The van der Waals surface area contributed by atoms with E-state index in [0.29, 0.717) is 24.0 Å². The van der Waals surface area contributed by atoms with Crippen molar-refractivity contribution in [1.82, 2.24) is 10.7 Å². The lowest BCUT2D eigenvalue weighted by atomic mass is 10.3.